The molecule has 0 amide bonds. The highest BCUT2D eigenvalue weighted by Crippen LogP contribution is 2.21. The van der Waals surface area contributed by atoms with E-state index in [0.29, 0.717) is 11.8 Å². The molecule has 6 heteroatoms. The molecule has 26 heavy (non-hydrogen) atoms. The van der Waals surface area contributed by atoms with Gasteiger partial charge in [-0.15, -0.1) is 0 Å². The second-order valence-corrected chi connectivity index (χ2v) is 7.19. The van der Waals surface area contributed by atoms with Crippen LogP contribution in [0.2, 0.25) is 0 Å². The van der Waals surface area contributed by atoms with Crippen LogP contribution in [0.4, 0.5) is 5.82 Å². The number of benzene rings is 1. The average molecular weight is 350 g/mol. The fraction of sp³-hybridized carbons (Fsp3) is 0.450. The Kier molecular flexibility index (Phi) is 4.84. The molecular formula is C20H26N6. The minimum atomic E-state index is 0.628. The van der Waals surface area contributed by atoms with Gasteiger partial charge in [0.2, 0.25) is 0 Å². The summed E-state index contributed by atoms with van der Waals surface area (Å²) in [6, 6.07) is 11.4. The van der Waals surface area contributed by atoms with Gasteiger partial charge >= 0.3 is 0 Å². The normalized spacial score (nSPS) is 18.3. The van der Waals surface area contributed by atoms with Crippen molar-refractivity contribution in [3.63, 3.8) is 0 Å². The lowest BCUT2D eigenvalue weighted by atomic mass is 10.0. The molecule has 1 unspecified atom stereocenters. The number of nitrogens with zero attached hydrogens (tertiary/aromatic N) is 5. The highest BCUT2D eigenvalue weighted by atomic mass is 15.3. The first-order valence-electron chi connectivity index (χ1n) is 9.43. The molecule has 3 aromatic rings. The summed E-state index contributed by atoms with van der Waals surface area (Å²) in [7, 11) is 0. The standard InChI is InChI=1S/C20H26N6/c1-15-11-19(26-20(24-15)22-14-23-26)21-12-17-8-3-4-9-18(17)13-25-10-6-5-7-16(25)2/h3-4,8-9,11,14,16,21H,5-7,10,12-13H2,1-2H3. The number of fused-ring (bicyclic) bond motifs is 1. The van der Waals surface area contributed by atoms with Gasteiger partial charge in [0, 0.05) is 30.9 Å². The molecule has 1 fully saturated rings. The maximum absolute atomic E-state index is 4.40. The third-order valence-corrected chi connectivity index (χ3v) is 5.27. The van der Waals surface area contributed by atoms with Gasteiger partial charge < -0.3 is 5.32 Å². The minimum Gasteiger partial charge on any atom is -0.366 e. The molecule has 0 aliphatic carbocycles. The number of hydrogen-bond donors (Lipinski definition) is 1. The van der Waals surface area contributed by atoms with Gasteiger partial charge in [-0.05, 0) is 44.4 Å². The summed E-state index contributed by atoms with van der Waals surface area (Å²) in [5, 5.41) is 7.79. The Morgan fingerprint density at radius 3 is 2.88 bits per heavy atom. The van der Waals surface area contributed by atoms with Crippen molar-refractivity contribution in [1.29, 1.82) is 0 Å². The fourth-order valence-corrected chi connectivity index (χ4v) is 3.74. The lowest BCUT2D eigenvalue weighted by Crippen LogP contribution is -2.37. The van der Waals surface area contributed by atoms with Gasteiger partial charge in [0.25, 0.3) is 5.78 Å². The smallest absolute Gasteiger partial charge is 0.254 e. The van der Waals surface area contributed by atoms with E-state index in [1.165, 1.54) is 36.9 Å². The van der Waals surface area contributed by atoms with E-state index in [9.17, 15) is 0 Å². The molecule has 4 rings (SSSR count). The van der Waals surface area contributed by atoms with Crippen LogP contribution in [0.1, 0.15) is 43.0 Å². The molecule has 1 atom stereocenters. The molecule has 0 saturated carbocycles. The first-order chi connectivity index (χ1) is 12.7. The van der Waals surface area contributed by atoms with Crippen molar-refractivity contribution in [3.05, 3.63) is 53.5 Å². The summed E-state index contributed by atoms with van der Waals surface area (Å²) in [5.74, 6) is 1.55. The first-order valence-corrected chi connectivity index (χ1v) is 9.43. The lowest BCUT2D eigenvalue weighted by molar-refractivity contribution is 0.152. The largest absolute Gasteiger partial charge is 0.366 e. The maximum Gasteiger partial charge on any atom is 0.254 e. The number of likely N-dealkylation sites (tertiary alicyclic amines) is 1. The van der Waals surface area contributed by atoms with Crippen molar-refractivity contribution < 1.29 is 0 Å². The predicted molar refractivity (Wildman–Crippen MR) is 103 cm³/mol. The van der Waals surface area contributed by atoms with E-state index in [1.807, 2.05) is 13.0 Å². The lowest BCUT2D eigenvalue weighted by Gasteiger charge is -2.33. The Bertz CT molecular complexity index is 887. The van der Waals surface area contributed by atoms with Crippen LogP contribution in [0.5, 0.6) is 0 Å². The summed E-state index contributed by atoms with van der Waals surface area (Å²) in [5.41, 5.74) is 3.66. The maximum atomic E-state index is 4.40. The van der Waals surface area contributed by atoms with Gasteiger partial charge in [-0.3, -0.25) is 4.90 Å². The van der Waals surface area contributed by atoms with Crippen molar-refractivity contribution in [2.75, 3.05) is 11.9 Å². The highest BCUT2D eigenvalue weighted by Gasteiger charge is 2.19. The third-order valence-electron chi connectivity index (χ3n) is 5.27. The zero-order chi connectivity index (χ0) is 17.9. The summed E-state index contributed by atoms with van der Waals surface area (Å²) in [6.45, 7) is 7.31. The number of hydrogen-bond acceptors (Lipinski definition) is 5. The summed E-state index contributed by atoms with van der Waals surface area (Å²) in [6.07, 6.45) is 5.52. The number of aromatic nitrogens is 4. The molecule has 0 bridgehead atoms. The van der Waals surface area contributed by atoms with Crippen LogP contribution in [0.15, 0.2) is 36.7 Å². The second kappa shape index (κ2) is 7.41. The predicted octanol–water partition coefficient (Wildman–Crippen LogP) is 3.42. The van der Waals surface area contributed by atoms with Crippen molar-refractivity contribution in [2.24, 2.45) is 0 Å². The number of anilines is 1. The quantitative estimate of drug-likeness (QED) is 0.764. The van der Waals surface area contributed by atoms with Crippen LogP contribution in [0.3, 0.4) is 0 Å². The second-order valence-electron chi connectivity index (χ2n) is 7.19. The van der Waals surface area contributed by atoms with Gasteiger partial charge in [0.15, 0.2) is 0 Å². The van der Waals surface area contributed by atoms with Gasteiger partial charge in [-0.25, -0.2) is 4.98 Å². The number of piperidine rings is 1. The van der Waals surface area contributed by atoms with Crippen LogP contribution >= 0.6 is 0 Å². The van der Waals surface area contributed by atoms with Crippen LogP contribution in [0.25, 0.3) is 5.78 Å². The van der Waals surface area contributed by atoms with Crippen LogP contribution < -0.4 is 5.32 Å². The molecule has 6 nitrogen and oxygen atoms in total. The van der Waals surface area contributed by atoms with Crippen molar-refractivity contribution in [3.8, 4) is 0 Å². The molecule has 2 aromatic heterocycles. The molecule has 1 aliphatic rings. The van der Waals surface area contributed by atoms with E-state index < -0.39 is 0 Å². The van der Waals surface area contributed by atoms with Crippen molar-refractivity contribution >= 4 is 11.6 Å². The molecule has 1 N–H and O–H groups in total. The Hall–Kier alpha value is -2.47. The molecule has 1 aliphatic heterocycles. The average Bonchev–Trinajstić information content (AvgIpc) is 3.11. The molecule has 0 radical (unpaired) electrons. The summed E-state index contributed by atoms with van der Waals surface area (Å²) >= 11 is 0. The molecule has 1 saturated heterocycles. The molecule has 3 heterocycles. The zero-order valence-corrected chi connectivity index (χ0v) is 15.5. The number of rotatable bonds is 5. The minimum absolute atomic E-state index is 0.628. The fourth-order valence-electron chi connectivity index (χ4n) is 3.74. The summed E-state index contributed by atoms with van der Waals surface area (Å²) < 4.78 is 1.75. The van der Waals surface area contributed by atoms with Gasteiger partial charge in [0.05, 0.1) is 0 Å². The van der Waals surface area contributed by atoms with Gasteiger partial charge in [0.1, 0.15) is 12.1 Å². The Labute approximate surface area is 154 Å². The summed E-state index contributed by atoms with van der Waals surface area (Å²) in [4.78, 5) is 11.2. The Morgan fingerprint density at radius 2 is 2.04 bits per heavy atom. The van der Waals surface area contributed by atoms with Crippen LogP contribution in [0, 0.1) is 6.92 Å². The van der Waals surface area contributed by atoms with E-state index >= 15 is 0 Å². The highest BCUT2D eigenvalue weighted by molar-refractivity contribution is 5.45. The first kappa shape index (κ1) is 17.0. The van der Waals surface area contributed by atoms with E-state index in [0.717, 1.165) is 24.6 Å². The van der Waals surface area contributed by atoms with Crippen LogP contribution in [-0.2, 0) is 13.1 Å². The SMILES string of the molecule is Cc1cc(NCc2ccccc2CN2CCCCC2C)n2ncnc2n1. The monoisotopic (exact) mass is 350 g/mol. The van der Waals surface area contributed by atoms with E-state index in [4.69, 9.17) is 0 Å². The third kappa shape index (κ3) is 3.55. The number of aryl methyl sites for hydroxylation is 1. The van der Waals surface area contributed by atoms with Crippen LogP contribution in [-0.4, -0.2) is 37.1 Å². The topological polar surface area (TPSA) is 58.4 Å². The number of nitrogens with one attached hydrogen (secondary N) is 1. The van der Waals surface area contributed by atoms with E-state index in [-0.39, 0.29) is 0 Å². The zero-order valence-electron chi connectivity index (χ0n) is 15.5. The van der Waals surface area contributed by atoms with E-state index in [2.05, 4.69) is 56.5 Å². The van der Waals surface area contributed by atoms with Crippen molar-refractivity contribution in [1.82, 2.24) is 24.5 Å². The molecule has 0 spiro atoms. The molecular weight excluding hydrogens is 324 g/mol. The van der Waals surface area contributed by atoms with Gasteiger partial charge in [-0.2, -0.15) is 14.6 Å². The van der Waals surface area contributed by atoms with E-state index in [1.54, 1.807) is 10.8 Å². The van der Waals surface area contributed by atoms with Crippen molar-refractivity contribution in [2.45, 2.75) is 52.2 Å². The van der Waals surface area contributed by atoms with Gasteiger partial charge in [-0.1, -0.05) is 30.7 Å². The molecule has 1 aromatic carbocycles. The molecule has 136 valence electrons. The Balaban J connectivity index is 1.52. The Morgan fingerprint density at radius 1 is 1.19 bits per heavy atom.